The molecule has 21 heavy (non-hydrogen) atoms. The maximum Gasteiger partial charge on any atom is 0.257 e. The Bertz CT molecular complexity index is 495. The van der Waals surface area contributed by atoms with Crippen LogP contribution in [0, 0.1) is 0 Å². The predicted octanol–water partition coefficient (Wildman–Crippen LogP) is 3.27. The zero-order chi connectivity index (χ0) is 15.9. The van der Waals surface area contributed by atoms with Gasteiger partial charge >= 0.3 is 0 Å². The molecule has 0 saturated carbocycles. The number of benzene rings is 1. The summed E-state index contributed by atoms with van der Waals surface area (Å²) in [6.07, 6.45) is 2.07. The van der Waals surface area contributed by atoms with Gasteiger partial charge in [-0.1, -0.05) is 19.4 Å². The SMILES string of the molecule is CCCCOc1cccc(C(=O)NC(=S)NC(C)(C)C)c1. The van der Waals surface area contributed by atoms with Crippen molar-refractivity contribution in [2.45, 2.75) is 46.1 Å². The summed E-state index contributed by atoms with van der Waals surface area (Å²) in [6, 6.07) is 7.11. The van der Waals surface area contributed by atoms with Crippen molar-refractivity contribution in [2.75, 3.05) is 6.61 Å². The molecule has 0 aliphatic rings. The molecule has 0 saturated heterocycles. The van der Waals surface area contributed by atoms with Gasteiger partial charge in [-0.25, -0.2) is 0 Å². The van der Waals surface area contributed by atoms with Crippen LogP contribution in [0.25, 0.3) is 0 Å². The lowest BCUT2D eigenvalue weighted by Gasteiger charge is -2.22. The molecular formula is C16H24N2O2S. The lowest BCUT2D eigenvalue weighted by atomic mass is 10.1. The summed E-state index contributed by atoms with van der Waals surface area (Å²) in [5.41, 5.74) is 0.345. The van der Waals surface area contributed by atoms with Crippen molar-refractivity contribution in [1.82, 2.24) is 10.6 Å². The van der Waals surface area contributed by atoms with Crippen LogP contribution in [0.2, 0.25) is 0 Å². The zero-order valence-electron chi connectivity index (χ0n) is 13.2. The first-order valence-electron chi connectivity index (χ1n) is 7.18. The number of hydrogen-bond acceptors (Lipinski definition) is 3. The maximum absolute atomic E-state index is 12.1. The monoisotopic (exact) mass is 308 g/mol. The normalized spacial score (nSPS) is 10.9. The van der Waals surface area contributed by atoms with Crippen LogP contribution in [0.1, 0.15) is 50.9 Å². The number of amides is 1. The van der Waals surface area contributed by atoms with Gasteiger partial charge < -0.3 is 10.1 Å². The first-order valence-corrected chi connectivity index (χ1v) is 7.59. The predicted molar refractivity (Wildman–Crippen MR) is 89.8 cm³/mol. The van der Waals surface area contributed by atoms with Gasteiger partial charge in [0.25, 0.3) is 5.91 Å². The Morgan fingerprint density at radius 2 is 2.05 bits per heavy atom. The highest BCUT2D eigenvalue weighted by Crippen LogP contribution is 2.13. The van der Waals surface area contributed by atoms with Crippen molar-refractivity contribution in [2.24, 2.45) is 0 Å². The molecule has 0 aliphatic heterocycles. The Hall–Kier alpha value is -1.62. The van der Waals surface area contributed by atoms with E-state index in [2.05, 4.69) is 17.6 Å². The summed E-state index contributed by atoms with van der Waals surface area (Å²) in [4.78, 5) is 12.1. The number of ether oxygens (including phenoxy) is 1. The first-order chi connectivity index (χ1) is 9.81. The minimum absolute atomic E-state index is 0.185. The smallest absolute Gasteiger partial charge is 0.257 e. The van der Waals surface area contributed by atoms with Crippen molar-refractivity contribution >= 4 is 23.2 Å². The van der Waals surface area contributed by atoms with E-state index >= 15 is 0 Å². The third-order valence-corrected chi connectivity index (χ3v) is 2.78. The number of thiocarbonyl (C=S) groups is 1. The molecule has 0 radical (unpaired) electrons. The van der Waals surface area contributed by atoms with Crippen molar-refractivity contribution in [3.8, 4) is 5.75 Å². The number of hydrogen-bond donors (Lipinski definition) is 2. The van der Waals surface area contributed by atoms with Gasteiger partial charge in [-0.15, -0.1) is 0 Å². The Morgan fingerprint density at radius 3 is 2.67 bits per heavy atom. The van der Waals surface area contributed by atoms with Crippen molar-refractivity contribution in [3.05, 3.63) is 29.8 Å². The van der Waals surface area contributed by atoms with E-state index in [4.69, 9.17) is 17.0 Å². The minimum atomic E-state index is -0.238. The van der Waals surface area contributed by atoms with E-state index in [0.717, 1.165) is 12.8 Å². The third kappa shape index (κ3) is 7.09. The van der Waals surface area contributed by atoms with E-state index in [1.54, 1.807) is 18.2 Å². The lowest BCUT2D eigenvalue weighted by molar-refractivity contribution is 0.0976. The van der Waals surface area contributed by atoms with Gasteiger partial charge in [0.2, 0.25) is 0 Å². The van der Waals surface area contributed by atoms with E-state index in [1.807, 2.05) is 26.8 Å². The van der Waals surface area contributed by atoms with E-state index in [0.29, 0.717) is 23.0 Å². The highest BCUT2D eigenvalue weighted by molar-refractivity contribution is 7.80. The molecule has 1 amide bonds. The van der Waals surface area contributed by atoms with Gasteiger partial charge in [-0.05, 0) is 57.6 Å². The minimum Gasteiger partial charge on any atom is -0.494 e. The second kappa shape index (κ2) is 7.98. The number of nitrogens with one attached hydrogen (secondary N) is 2. The topological polar surface area (TPSA) is 50.4 Å². The van der Waals surface area contributed by atoms with Crippen LogP contribution in [0.5, 0.6) is 5.75 Å². The van der Waals surface area contributed by atoms with Crippen LogP contribution in [0.4, 0.5) is 0 Å². The van der Waals surface area contributed by atoms with Gasteiger partial charge in [0, 0.05) is 11.1 Å². The number of carbonyl (C=O) groups excluding carboxylic acids is 1. The molecule has 4 nitrogen and oxygen atoms in total. The molecule has 1 aromatic carbocycles. The quantitative estimate of drug-likeness (QED) is 0.647. The van der Waals surface area contributed by atoms with Gasteiger partial charge in [0.1, 0.15) is 5.75 Å². The average Bonchev–Trinajstić information content (AvgIpc) is 2.37. The molecule has 0 fully saturated rings. The second-order valence-corrected chi connectivity index (χ2v) is 6.30. The molecule has 5 heteroatoms. The van der Waals surface area contributed by atoms with E-state index < -0.39 is 0 Å². The van der Waals surface area contributed by atoms with Gasteiger partial charge in [0.05, 0.1) is 6.61 Å². The summed E-state index contributed by atoms with van der Waals surface area (Å²) in [5.74, 6) is 0.462. The standard InChI is InChI=1S/C16H24N2O2S/c1-5-6-10-20-13-9-7-8-12(11-13)14(19)17-15(21)18-16(2,3)4/h7-9,11H,5-6,10H2,1-4H3,(H2,17,18,19,21). The summed E-state index contributed by atoms with van der Waals surface area (Å²) in [6.45, 7) is 8.71. The van der Waals surface area contributed by atoms with Crippen LogP contribution in [-0.4, -0.2) is 23.2 Å². The molecule has 116 valence electrons. The molecule has 0 atom stereocenters. The molecular weight excluding hydrogens is 284 g/mol. The van der Waals surface area contributed by atoms with Gasteiger partial charge in [0.15, 0.2) is 5.11 Å². The second-order valence-electron chi connectivity index (χ2n) is 5.89. The summed E-state index contributed by atoms with van der Waals surface area (Å²) < 4.78 is 5.59. The molecule has 1 aromatic rings. The largest absolute Gasteiger partial charge is 0.494 e. The molecule has 0 aromatic heterocycles. The fourth-order valence-electron chi connectivity index (χ4n) is 1.61. The Balaban J connectivity index is 2.61. The average molecular weight is 308 g/mol. The van der Waals surface area contributed by atoms with Crippen molar-refractivity contribution in [1.29, 1.82) is 0 Å². The van der Waals surface area contributed by atoms with Crippen molar-refractivity contribution in [3.63, 3.8) is 0 Å². The zero-order valence-corrected chi connectivity index (χ0v) is 14.0. The first kappa shape index (κ1) is 17.4. The van der Waals surface area contributed by atoms with Crippen LogP contribution in [0.15, 0.2) is 24.3 Å². The van der Waals surface area contributed by atoms with E-state index in [-0.39, 0.29) is 11.4 Å². The highest BCUT2D eigenvalue weighted by Gasteiger charge is 2.14. The third-order valence-electron chi connectivity index (χ3n) is 2.58. The molecule has 0 bridgehead atoms. The van der Waals surface area contributed by atoms with E-state index in [9.17, 15) is 4.79 Å². The van der Waals surface area contributed by atoms with E-state index in [1.165, 1.54) is 0 Å². The lowest BCUT2D eigenvalue weighted by Crippen LogP contribution is -2.48. The molecule has 0 heterocycles. The summed E-state index contributed by atoms with van der Waals surface area (Å²) in [7, 11) is 0. The van der Waals surface area contributed by atoms with Gasteiger partial charge in [-0.2, -0.15) is 0 Å². The molecule has 0 aliphatic carbocycles. The Labute approximate surface area is 132 Å². The fraction of sp³-hybridized carbons (Fsp3) is 0.500. The fourth-order valence-corrected chi connectivity index (χ4v) is 2.01. The summed E-state index contributed by atoms with van der Waals surface area (Å²) in [5, 5.41) is 6.04. The number of unbranched alkanes of at least 4 members (excludes halogenated alkanes) is 1. The van der Waals surface area contributed by atoms with Gasteiger partial charge in [-0.3, -0.25) is 10.1 Å². The Morgan fingerprint density at radius 1 is 1.33 bits per heavy atom. The van der Waals surface area contributed by atoms with Crippen LogP contribution < -0.4 is 15.4 Å². The summed E-state index contributed by atoms with van der Waals surface area (Å²) >= 11 is 5.12. The molecule has 1 rings (SSSR count). The Kier molecular flexibility index (Phi) is 6.62. The molecule has 0 unspecified atom stereocenters. The van der Waals surface area contributed by atoms with Crippen LogP contribution >= 0.6 is 12.2 Å². The molecule has 0 spiro atoms. The number of carbonyl (C=O) groups is 1. The van der Waals surface area contributed by atoms with Crippen LogP contribution in [0.3, 0.4) is 0 Å². The molecule has 2 N–H and O–H groups in total. The highest BCUT2D eigenvalue weighted by atomic mass is 32.1. The van der Waals surface area contributed by atoms with Crippen LogP contribution in [-0.2, 0) is 0 Å². The number of rotatable bonds is 5. The van der Waals surface area contributed by atoms with Crippen molar-refractivity contribution < 1.29 is 9.53 Å². The maximum atomic E-state index is 12.1.